The number of methoxy groups -OCH3 is 3. The van der Waals surface area contributed by atoms with E-state index in [2.05, 4.69) is 4.74 Å². The average molecular weight is 290 g/mol. The van der Waals surface area contributed by atoms with Crippen LogP contribution in [0.4, 0.5) is 4.39 Å². The van der Waals surface area contributed by atoms with Crippen molar-refractivity contribution < 1.29 is 23.4 Å². The number of carbonyl (C=O) groups is 1. The SMILES string of the molecule is COC(=O)c1cc(F)cc(-c2ccc(OC)c(OC)c2)c1. The van der Waals surface area contributed by atoms with Crippen molar-refractivity contribution in [2.24, 2.45) is 0 Å². The van der Waals surface area contributed by atoms with Gasteiger partial charge in [0.2, 0.25) is 0 Å². The van der Waals surface area contributed by atoms with Gasteiger partial charge in [-0.1, -0.05) is 6.07 Å². The molecular weight excluding hydrogens is 275 g/mol. The molecule has 0 atom stereocenters. The van der Waals surface area contributed by atoms with Gasteiger partial charge in [-0.2, -0.15) is 0 Å². The Morgan fingerprint density at radius 2 is 1.62 bits per heavy atom. The van der Waals surface area contributed by atoms with E-state index in [1.54, 1.807) is 24.3 Å². The van der Waals surface area contributed by atoms with Gasteiger partial charge in [0.15, 0.2) is 11.5 Å². The normalized spacial score (nSPS) is 10.1. The van der Waals surface area contributed by atoms with Crippen LogP contribution in [0.15, 0.2) is 36.4 Å². The summed E-state index contributed by atoms with van der Waals surface area (Å²) in [7, 11) is 4.31. The molecule has 0 bridgehead atoms. The minimum Gasteiger partial charge on any atom is -0.493 e. The highest BCUT2D eigenvalue weighted by Gasteiger charge is 2.12. The van der Waals surface area contributed by atoms with Crippen LogP contribution < -0.4 is 9.47 Å². The van der Waals surface area contributed by atoms with Gasteiger partial charge in [0.1, 0.15) is 5.82 Å². The smallest absolute Gasteiger partial charge is 0.337 e. The van der Waals surface area contributed by atoms with Crippen molar-refractivity contribution >= 4 is 5.97 Å². The molecule has 0 aliphatic heterocycles. The van der Waals surface area contributed by atoms with E-state index in [9.17, 15) is 9.18 Å². The molecule has 0 amide bonds. The Bertz CT molecular complexity index is 667. The lowest BCUT2D eigenvalue weighted by molar-refractivity contribution is 0.0600. The first-order valence-electron chi connectivity index (χ1n) is 6.20. The zero-order valence-electron chi connectivity index (χ0n) is 12.0. The number of rotatable bonds is 4. The molecule has 2 aromatic rings. The van der Waals surface area contributed by atoms with Crippen LogP contribution in [0.25, 0.3) is 11.1 Å². The van der Waals surface area contributed by atoms with Crippen LogP contribution in [0, 0.1) is 5.82 Å². The van der Waals surface area contributed by atoms with Crippen LogP contribution in [0.5, 0.6) is 11.5 Å². The van der Waals surface area contributed by atoms with Crippen LogP contribution in [-0.2, 0) is 4.74 Å². The van der Waals surface area contributed by atoms with Gasteiger partial charge in [-0.3, -0.25) is 0 Å². The van der Waals surface area contributed by atoms with E-state index in [1.807, 2.05) is 0 Å². The van der Waals surface area contributed by atoms with E-state index in [1.165, 1.54) is 27.4 Å². The lowest BCUT2D eigenvalue weighted by atomic mass is 10.0. The molecule has 2 aromatic carbocycles. The first-order chi connectivity index (χ1) is 10.1. The summed E-state index contributed by atoms with van der Waals surface area (Å²) in [4.78, 5) is 11.5. The van der Waals surface area contributed by atoms with Crippen molar-refractivity contribution in [3.8, 4) is 22.6 Å². The van der Waals surface area contributed by atoms with Gasteiger partial charge >= 0.3 is 5.97 Å². The summed E-state index contributed by atoms with van der Waals surface area (Å²) < 4.78 is 28.7. The molecule has 0 unspecified atom stereocenters. The van der Waals surface area contributed by atoms with E-state index in [4.69, 9.17) is 9.47 Å². The van der Waals surface area contributed by atoms with Gasteiger partial charge < -0.3 is 14.2 Å². The van der Waals surface area contributed by atoms with Crippen LogP contribution >= 0.6 is 0 Å². The minimum absolute atomic E-state index is 0.155. The van der Waals surface area contributed by atoms with Gasteiger partial charge in [-0.15, -0.1) is 0 Å². The van der Waals surface area contributed by atoms with Gasteiger partial charge in [0.25, 0.3) is 0 Å². The van der Waals surface area contributed by atoms with E-state index in [-0.39, 0.29) is 5.56 Å². The molecule has 21 heavy (non-hydrogen) atoms. The summed E-state index contributed by atoms with van der Waals surface area (Å²) in [5.41, 5.74) is 1.41. The Labute approximate surface area is 122 Å². The number of hydrogen-bond acceptors (Lipinski definition) is 4. The number of carbonyl (C=O) groups excluding carboxylic acids is 1. The predicted molar refractivity (Wildman–Crippen MR) is 76.3 cm³/mol. The predicted octanol–water partition coefficient (Wildman–Crippen LogP) is 3.30. The second kappa shape index (κ2) is 6.26. The molecule has 0 heterocycles. The first-order valence-corrected chi connectivity index (χ1v) is 6.20. The van der Waals surface area contributed by atoms with Gasteiger partial charge in [0.05, 0.1) is 26.9 Å². The summed E-state index contributed by atoms with van der Waals surface area (Å²) >= 11 is 0. The van der Waals surface area contributed by atoms with Crippen LogP contribution in [0.3, 0.4) is 0 Å². The minimum atomic E-state index is -0.587. The second-order valence-electron chi connectivity index (χ2n) is 4.29. The average Bonchev–Trinajstić information content (AvgIpc) is 2.52. The Morgan fingerprint density at radius 3 is 2.24 bits per heavy atom. The monoisotopic (exact) mass is 290 g/mol. The van der Waals surface area contributed by atoms with Crippen molar-refractivity contribution in [2.75, 3.05) is 21.3 Å². The van der Waals surface area contributed by atoms with Crippen molar-refractivity contribution in [3.05, 3.63) is 47.8 Å². The summed E-state index contributed by atoms with van der Waals surface area (Å²) in [5, 5.41) is 0. The van der Waals surface area contributed by atoms with Gasteiger partial charge in [-0.25, -0.2) is 9.18 Å². The molecule has 4 nitrogen and oxygen atoms in total. The number of halogens is 1. The van der Waals surface area contributed by atoms with Crippen LogP contribution in [-0.4, -0.2) is 27.3 Å². The maximum Gasteiger partial charge on any atom is 0.337 e. The highest BCUT2D eigenvalue weighted by Crippen LogP contribution is 2.32. The number of benzene rings is 2. The van der Waals surface area contributed by atoms with Crippen molar-refractivity contribution in [2.45, 2.75) is 0 Å². The lowest BCUT2D eigenvalue weighted by Crippen LogP contribution is -2.02. The first kappa shape index (κ1) is 14.8. The Balaban J connectivity index is 2.51. The fourth-order valence-corrected chi connectivity index (χ4v) is 2.01. The van der Waals surface area contributed by atoms with E-state index >= 15 is 0 Å². The van der Waals surface area contributed by atoms with E-state index in [0.29, 0.717) is 22.6 Å². The molecule has 0 aliphatic rings. The summed E-state index contributed by atoms with van der Waals surface area (Å²) in [6, 6.07) is 9.24. The van der Waals surface area contributed by atoms with Crippen LogP contribution in [0.1, 0.15) is 10.4 Å². The summed E-state index contributed by atoms with van der Waals surface area (Å²) in [6.45, 7) is 0. The van der Waals surface area contributed by atoms with E-state index < -0.39 is 11.8 Å². The molecule has 0 N–H and O–H groups in total. The van der Waals surface area contributed by atoms with Gasteiger partial charge in [-0.05, 0) is 41.5 Å². The molecule has 0 spiro atoms. The Morgan fingerprint density at radius 1 is 0.905 bits per heavy atom. The molecule has 0 saturated carbocycles. The fourth-order valence-electron chi connectivity index (χ4n) is 2.01. The van der Waals surface area contributed by atoms with Crippen LogP contribution in [0.2, 0.25) is 0 Å². The summed E-state index contributed by atoms with van der Waals surface area (Å²) in [5.74, 6) is 0.00337. The fraction of sp³-hybridized carbons (Fsp3) is 0.188. The third-order valence-electron chi connectivity index (χ3n) is 3.04. The highest BCUT2D eigenvalue weighted by atomic mass is 19.1. The molecule has 0 aliphatic carbocycles. The van der Waals surface area contributed by atoms with Crippen molar-refractivity contribution in [1.82, 2.24) is 0 Å². The van der Waals surface area contributed by atoms with Crippen molar-refractivity contribution in [3.63, 3.8) is 0 Å². The maximum absolute atomic E-state index is 13.7. The lowest BCUT2D eigenvalue weighted by Gasteiger charge is -2.10. The number of esters is 1. The molecule has 0 saturated heterocycles. The second-order valence-corrected chi connectivity index (χ2v) is 4.29. The molecule has 0 aromatic heterocycles. The third-order valence-corrected chi connectivity index (χ3v) is 3.04. The standard InChI is InChI=1S/C16H15FO4/c1-19-14-5-4-10(9-15(14)20-2)11-6-12(16(18)21-3)8-13(17)7-11/h4-9H,1-3H3. The zero-order valence-corrected chi connectivity index (χ0v) is 12.0. The highest BCUT2D eigenvalue weighted by molar-refractivity contribution is 5.91. The molecule has 2 rings (SSSR count). The number of ether oxygens (including phenoxy) is 3. The Hall–Kier alpha value is -2.56. The summed E-state index contributed by atoms with van der Waals surface area (Å²) in [6.07, 6.45) is 0. The maximum atomic E-state index is 13.7. The Kier molecular flexibility index (Phi) is 4.42. The topological polar surface area (TPSA) is 44.8 Å². The third kappa shape index (κ3) is 3.13. The van der Waals surface area contributed by atoms with Gasteiger partial charge in [0, 0.05) is 0 Å². The largest absolute Gasteiger partial charge is 0.493 e. The number of hydrogen-bond donors (Lipinski definition) is 0. The molecule has 110 valence electrons. The molecule has 0 radical (unpaired) electrons. The molecule has 0 fully saturated rings. The molecular formula is C16H15FO4. The zero-order chi connectivity index (χ0) is 15.4. The molecule has 5 heteroatoms. The quantitative estimate of drug-likeness (QED) is 0.810. The van der Waals surface area contributed by atoms with Crippen molar-refractivity contribution in [1.29, 1.82) is 0 Å². The van der Waals surface area contributed by atoms with E-state index in [0.717, 1.165) is 6.07 Å².